The molecular weight excluding hydrogens is 300 g/mol. The minimum Gasteiger partial charge on any atom is -0.389 e. The first-order valence-electron chi connectivity index (χ1n) is 7.77. The Bertz CT molecular complexity index is 650. The van der Waals surface area contributed by atoms with Gasteiger partial charge in [-0.25, -0.2) is 0 Å². The zero-order valence-corrected chi connectivity index (χ0v) is 13.6. The Morgan fingerprint density at radius 3 is 2.52 bits per heavy atom. The third kappa shape index (κ3) is 5.04. The first-order valence-corrected chi connectivity index (χ1v) is 7.77. The smallest absolute Gasteiger partial charge is 0.316 e. The number of aromatic amines is 1. The Morgan fingerprint density at radius 1 is 1.26 bits per heavy atom. The van der Waals surface area contributed by atoms with Crippen LogP contribution in [0.2, 0.25) is 0 Å². The summed E-state index contributed by atoms with van der Waals surface area (Å²) in [6, 6.07) is 0. The molecule has 0 radical (unpaired) electrons. The summed E-state index contributed by atoms with van der Waals surface area (Å²) in [6.45, 7) is 6.98. The van der Waals surface area contributed by atoms with Gasteiger partial charge in [0, 0.05) is 58.1 Å². The molecule has 0 atom stereocenters. The van der Waals surface area contributed by atoms with Gasteiger partial charge in [0.05, 0.1) is 5.60 Å². The minimum atomic E-state index is -0.742. The van der Waals surface area contributed by atoms with Crippen LogP contribution in [0, 0.1) is 0 Å². The van der Waals surface area contributed by atoms with Crippen molar-refractivity contribution in [2.45, 2.75) is 32.4 Å². The molecule has 1 fully saturated rings. The molecule has 0 bridgehead atoms. The van der Waals surface area contributed by atoms with Gasteiger partial charge in [-0.1, -0.05) is 0 Å². The topological polar surface area (TPSA) is 98.6 Å². The molecule has 1 amide bonds. The fourth-order valence-electron chi connectivity index (χ4n) is 2.72. The summed E-state index contributed by atoms with van der Waals surface area (Å²) in [7, 11) is 0. The number of hydrogen-bond donors (Lipinski definition) is 2. The molecule has 2 rings (SSSR count). The van der Waals surface area contributed by atoms with Crippen LogP contribution in [0.3, 0.4) is 0 Å². The lowest BCUT2D eigenvalue weighted by atomic mass is 10.1. The van der Waals surface area contributed by atoms with E-state index in [2.05, 4.69) is 9.88 Å². The molecule has 0 saturated carbocycles. The Morgan fingerprint density at radius 2 is 1.91 bits per heavy atom. The lowest BCUT2D eigenvalue weighted by molar-refractivity contribution is -0.133. The molecule has 2 N–H and O–H groups in total. The second kappa shape index (κ2) is 7.10. The normalized spacial score (nSPS) is 16.6. The number of rotatable bonds is 5. The number of nitrogens with one attached hydrogen (secondary N) is 1. The predicted molar refractivity (Wildman–Crippen MR) is 85.3 cm³/mol. The fourth-order valence-corrected chi connectivity index (χ4v) is 2.72. The molecule has 0 unspecified atom stereocenters. The van der Waals surface area contributed by atoms with Crippen molar-refractivity contribution >= 4 is 5.91 Å². The molecule has 2 heterocycles. The molecule has 1 aromatic heterocycles. The van der Waals surface area contributed by atoms with Gasteiger partial charge in [-0.3, -0.25) is 19.3 Å². The fraction of sp³-hybridized carbons (Fsp3) is 0.667. The van der Waals surface area contributed by atoms with E-state index in [9.17, 15) is 19.5 Å². The number of nitrogens with zero attached hydrogens (tertiary/aromatic N) is 3. The maximum atomic E-state index is 12.2. The first kappa shape index (κ1) is 17.4. The van der Waals surface area contributed by atoms with E-state index in [-0.39, 0.29) is 18.9 Å². The standard InChI is InChI=1S/C15H24N4O4/c1-15(2,23)11-17-7-9-18(10-8-17)12(20)3-5-19-6-4-16-13(21)14(19)22/h4,6,23H,3,5,7-11H2,1-2H3,(H,16,21). The molecule has 1 aliphatic heterocycles. The average molecular weight is 324 g/mol. The highest BCUT2D eigenvalue weighted by molar-refractivity contribution is 5.76. The monoisotopic (exact) mass is 324 g/mol. The number of aromatic nitrogens is 2. The van der Waals surface area contributed by atoms with E-state index >= 15 is 0 Å². The van der Waals surface area contributed by atoms with Crippen molar-refractivity contribution in [2.24, 2.45) is 0 Å². The highest BCUT2D eigenvalue weighted by Crippen LogP contribution is 2.09. The number of carbonyl (C=O) groups is 1. The van der Waals surface area contributed by atoms with Crippen LogP contribution < -0.4 is 11.1 Å². The van der Waals surface area contributed by atoms with Gasteiger partial charge in [-0.2, -0.15) is 0 Å². The molecule has 0 aromatic carbocycles. The summed E-state index contributed by atoms with van der Waals surface area (Å²) in [6.07, 6.45) is 3.05. The van der Waals surface area contributed by atoms with Crippen molar-refractivity contribution in [3.05, 3.63) is 33.1 Å². The molecular formula is C15H24N4O4. The molecule has 0 aliphatic carbocycles. The van der Waals surface area contributed by atoms with E-state index in [1.807, 2.05) is 0 Å². The van der Waals surface area contributed by atoms with Gasteiger partial charge >= 0.3 is 11.1 Å². The molecule has 23 heavy (non-hydrogen) atoms. The molecule has 128 valence electrons. The van der Waals surface area contributed by atoms with Crippen LogP contribution in [-0.2, 0) is 11.3 Å². The van der Waals surface area contributed by atoms with Gasteiger partial charge in [0.15, 0.2) is 0 Å². The summed E-state index contributed by atoms with van der Waals surface area (Å²) in [5.41, 5.74) is -2.07. The lowest BCUT2D eigenvalue weighted by Crippen LogP contribution is -2.52. The van der Waals surface area contributed by atoms with Crippen molar-refractivity contribution in [1.29, 1.82) is 0 Å². The second-order valence-corrected chi connectivity index (χ2v) is 6.51. The Balaban J connectivity index is 1.83. The third-order valence-corrected chi connectivity index (χ3v) is 3.83. The third-order valence-electron chi connectivity index (χ3n) is 3.83. The number of aryl methyl sites for hydroxylation is 1. The van der Waals surface area contributed by atoms with Gasteiger partial charge in [0.1, 0.15) is 0 Å². The number of aliphatic hydroxyl groups is 1. The molecule has 8 heteroatoms. The number of hydrogen-bond acceptors (Lipinski definition) is 5. The summed E-state index contributed by atoms with van der Waals surface area (Å²) < 4.78 is 1.25. The molecule has 1 aliphatic rings. The number of piperazine rings is 1. The Labute approximate surface area is 134 Å². The summed E-state index contributed by atoms with van der Waals surface area (Å²) in [5.74, 6) is -0.0277. The summed E-state index contributed by atoms with van der Waals surface area (Å²) >= 11 is 0. The Hall–Kier alpha value is -1.93. The quantitative estimate of drug-likeness (QED) is 0.666. The van der Waals surface area contributed by atoms with Crippen LogP contribution in [0.25, 0.3) is 0 Å². The van der Waals surface area contributed by atoms with Crippen LogP contribution in [0.1, 0.15) is 20.3 Å². The van der Waals surface area contributed by atoms with Crippen LogP contribution in [0.15, 0.2) is 22.0 Å². The Kier molecular flexibility index (Phi) is 5.38. The maximum Gasteiger partial charge on any atom is 0.316 e. The van der Waals surface area contributed by atoms with E-state index in [1.54, 1.807) is 18.7 Å². The SMILES string of the molecule is CC(C)(O)CN1CCN(C(=O)CCn2cc[nH]c(=O)c2=O)CC1. The number of amides is 1. The lowest BCUT2D eigenvalue weighted by Gasteiger charge is -2.37. The number of carbonyl (C=O) groups excluding carboxylic acids is 1. The largest absolute Gasteiger partial charge is 0.389 e. The molecule has 8 nitrogen and oxygen atoms in total. The van der Waals surface area contributed by atoms with Gasteiger partial charge in [0.25, 0.3) is 0 Å². The predicted octanol–water partition coefficient (Wildman–Crippen LogP) is -1.16. The number of β-amino-alcohol motifs (C(OH)–C–C–N with tert-alkyl or cyclic N) is 1. The van der Waals surface area contributed by atoms with Crippen LogP contribution in [0.5, 0.6) is 0 Å². The van der Waals surface area contributed by atoms with Crippen molar-refractivity contribution in [3.8, 4) is 0 Å². The summed E-state index contributed by atoms with van der Waals surface area (Å²) in [5, 5.41) is 9.82. The maximum absolute atomic E-state index is 12.2. The van der Waals surface area contributed by atoms with Crippen molar-refractivity contribution in [1.82, 2.24) is 19.4 Å². The van der Waals surface area contributed by atoms with E-state index in [0.29, 0.717) is 19.6 Å². The number of H-pyrrole nitrogens is 1. The van der Waals surface area contributed by atoms with E-state index < -0.39 is 16.7 Å². The highest BCUT2D eigenvalue weighted by atomic mass is 16.3. The van der Waals surface area contributed by atoms with Crippen LogP contribution in [0.4, 0.5) is 0 Å². The molecule has 1 saturated heterocycles. The van der Waals surface area contributed by atoms with Crippen molar-refractivity contribution < 1.29 is 9.90 Å². The zero-order chi connectivity index (χ0) is 17.0. The van der Waals surface area contributed by atoms with E-state index in [4.69, 9.17) is 0 Å². The van der Waals surface area contributed by atoms with Crippen LogP contribution in [-0.4, -0.2) is 68.7 Å². The average Bonchev–Trinajstić information content (AvgIpc) is 2.47. The minimum absolute atomic E-state index is 0.0277. The van der Waals surface area contributed by atoms with Crippen molar-refractivity contribution in [2.75, 3.05) is 32.7 Å². The molecule has 1 aromatic rings. The van der Waals surface area contributed by atoms with E-state index in [1.165, 1.54) is 17.0 Å². The zero-order valence-electron chi connectivity index (χ0n) is 13.6. The van der Waals surface area contributed by atoms with Gasteiger partial charge < -0.3 is 19.6 Å². The van der Waals surface area contributed by atoms with Gasteiger partial charge in [-0.15, -0.1) is 0 Å². The second-order valence-electron chi connectivity index (χ2n) is 6.51. The first-order chi connectivity index (χ1) is 10.8. The summed E-state index contributed by atoms with van der Waals surface area (Å²) in [4.78, 5) is 41.2. The van der Waals surface area contributed by atoms with Gasteiger partial charge in [0.2, 0.25) is 5.91 Å². The highest BCUT2D eigenvalue weighted by Gasteiger charge is 2.24. The molecule has 0 spiro atoms. The van der Waals surface area contributed by atoms with E-state index in [0.717, 1.165) is 13.1 Å². The van der Waals surface area contributed by atoms with Crippen LogP contribution >= 0.6 is 0 Å². The van der Waals surface area contributed by atoms with Crippen molar-refractivity contribution in [3.63, 3.8) is 0 Å². The van der Waals surface area contributed by atoms with Gasteiger partial charge in [-0.05, 0) is 13.8 Å².